The van der Waals surface area contributed by atoms with Crippen LogP contribution in [-0.2, 0) is 19.1 Å². The number of hydrogen-bond donors (Lipinski definition) is 1. The van der Waals surface area contributed by atoms with Crippen LogP contribution in [0.3, 0.4) is 0 Å². The maximum absolute atomic E-state index is 11.9. The summed E-state index contributed by atoms with van der Waals surface area (Å²) < 4.78 is 16.3. The second-order valence-corrected chi connectivity index (χ2v) is 6.84. The lowest BCUT2D eigenvalue weighted by Gasteiger charge is -2.28. The number of nitrogens with one attached hydrogen (secondary N) is 1. The topological polar surface area (TPSA) is 81.0 Å². The molecule has 0 aliphatic carbocycles. The van der Waals surface area contributed by atoms with Crippen LogP contribution in [0, 0.1) is 3.77 Å². The van der Waals surface area contributed by atoms with Crippen LogP contribution in [-0.4, -0.2) is 44.8 Å². The fourth-order valence-electron chi connectivity index (χ4n) is 2.53. The van der Waals surface area contributed by atoms with E-state index in [1.807, 2.05) is 46.9 Å². The first-order valence-electron chi connectivity index (χ1n) is 8.43. The number of amides is 1. The third-order valence-electron chi connectivity index (χ3n) is 3.85. The van der Waals surface area contributed by atoms with Crippen LogP contribution < -0.4 is 10.2 Å². The molecular weight excluding hydrogens is 463 g/mol. The molecule has 0 bridgehead atoms. The van der Waals surface area contributed by atoms with Crippen molar-refractivity contribution in [3.05, 3.63) is 52.0 Å². The molecule has 2 heterocycles. The number of halogens is 1. The third kappa shape index (κ3) is 6.10. The Morgan fingerprint density at radius 2 is 1.89 bits per heavy atom. The minimum atomic E-state index is -0.612. The van der Waals surface area contributed by atoms with Crippen molar-refractivity contribution in [2.24, 2.45) is 0 Å². The maximum atomic E-state index is 11.9. The zero-order chi connectivity index (χ0) is 19.1. The lowest BCUT2D eigenvalue weighted by atomic mass is 10.2. The van der Waals surface area contributed by atoms with Gasteiger partial charge in [-0.2, -0.15) is 0 Å². The Hall–Kier alpha value is -2.33. The van der Waals surface area contributed by atoms with Gasteiger partial charge < -0.3 is 24.1 Å². The molecule has 1 fully saturated rings. The molecule has 2 aromatic rings. The van der Waals surface area contributed by atoms with Gasteiger partial charge in [-0.25, -0.2) is 4.79 Å². The van der Waals surface area contributed by atoms with Gasteiger partial charge in [-0.05, 0) is 65.1 Å². The summed E-state index contributed by atoms with van der Waals surface area (Å²) in [5.74, 6) is -0.469. The lowest BCUT2D eigenvalue weighted by molar-refractivity contribution is -0.142. The molecule has 1 aliphatic rings. The van der Waals surface area contributed by atoms with E-state index in [1.54, 1.807) is 12.1 Å². The Labute approximate surface area is 170 Å². The number of carbonyl (C=O) groups excluding carboxylic acids is 2. The molecule has 0 atom stereocenters. The summed E-state index contributed by atoms with van der Waals surface area (Å²) in [6, 6.07) is 11.1. The number of ether oxygens (including phenoxy) is 2. The second-order valence-electron chi connectivity index (χ2n) is 5.78. The fraction of sp³-hybridized carbons (Fsp3) is 0.263. The van der Waals surface area contributed by atoms with Crippen LogP contribution in [0.15, 0.2) is 46.9 Å². The molecule has 1 saturated heterocycles. The summed E-state index contributed by atoms with van der Waals surface area (Å²) in [6.07, 6.45) is 2.71. The first kappa shape index (κ1) is 19.4. The molecule has 1 N–H and O–H groups in total. The number of nitrogens with zero attached hydrogens (tertiary/aromatic N) is 1. The summed E-state index contributed by atoms with van der Waals surface area (Å²) >= 11 is 2.03. The number of furan rings is 1. The van der Waals surface area contributed by atoms with Gasteiger partial charge >= 0.3 is 5.97 Å². The molecule has 27 heavy (non-hydrogen) atoms. The number of benzene rings is 1. The van der Waals surface area contributed by atoms with Gasteiger partial charge in [0.15, 0.2) is 10.4 Å². The Morgan fingerprint density at radius 1 is 1.15 bits per heavy atom. The predicted octanol–water partition coefficient (Wildman–Crippen LogP) is 2.92. The molecule has 142 valence electrons. The lowest BCUT2D eigenvalue weighted by Crippen LogP contribution is -2.36. The predicted molar refractivity (Wildman–Crippen MR) is 110 cm³/mol. The van der Waals surface area contributed by atoms with Gasteiger partial charge in [-0.1, -0.05) is 0 Å². The van der Waals surface area contributed by atoms with Crippen molar-refractivity contribution in [1.82, 2.24) is 0 Å². The standard InChI is InChI=1S/C19H19IN2O5/c20-17-7-5-16(27-17)6-8-19(24)26-13-18(23)21-14-1-3-15(4-2-14)22-9-11-25-12-10-22/h1-8H,9-13H2,(H,21,23)/b8-6+. The smallest absolute Gasteiger partial charge is 0.331 e. The van der Waals surface area contributed by atoms with Gasteiger partial charge in [0, 0.05) is 30.5 Å². The van der Waals surface area contributed by atoms with E-state index in [0.29, 0.717) is 11.4 Å². The molecule has 8 heteroatoms. The quantitative estimate of drug-likeness (QED) is 0.388. The van der Waals surface area contributed by atoms with Gasteiger partial charge in [0.05, 0.1) is 13.2 Å². The van der Waals surface area contributed by atoms with E-state index < -0.39 is 11.9 Å². The monoisotopic (exact) mass is 482 g/mol. The van der Waals surface area contributed by atoms with Crippen molar-refractivity contribution >= 4 is 51.9 Å². The average molecular weight is 482 g/mol. The zero-order valence-corrected chi connectivity index (χ0v) is 16.7. The third-order valence-corrected chi connectivity index (χ3v) is 4.43. The number of carbonyl (C=O) groups is 2. The van der Waals surface area contributed by atoms with E-state index in [2.05, 4.69) is 10.2 Å². The van der Waals surface area contributed by atoms with Crippen LogP contribution in [0.2, 0.25) is 0 Å². The molecule has 0 spiro atoms. The minimum Gasteiger partial charge on any atom is -0.452 e. The molecule has 1 aromatic carbocycles. The normalized spacial score (nSPS) is 14.3. The van der Waals surface area contributed by atoms with Crippen molar-refractivity contribution in [3.8, 4) is 0 Å². The van der Waals surface area contributed by atoms with Crippen molar-refractivity contribution in [2.75, 3.05) is 43.1 Å². The molecular formula is C19H19IN2O5. The van der Waals surface area contributed by atoms with Crippen LogP contribution in [0.4, 0.5) is 11.4 Å². The summed E-state index contributed by atoms with van der Waals surface area (Å²) in [5.41, 5.74) is 1.73. The number of rotatable bonds is 6. The highest BCUT2D eigenvalue weighted by Crippen LogP contribution is 2.19. The van der Waals surface area contributed by atoms with Gasteiger partial charge in [0.25, 0.3) is 5.91 Å². The minimum absolute atomic E-state index is 0.357. The molecule has 0 radical (unpaired) electrons. The van der Waals surface area contributed by atoms with Gasteiger partial charge in [0.1, 0.15) is 5.76 Å². The first-order valence-corrected chi connectivity index (χ1v) is 9.51. The van der Waals surface area contributed by atoms with E-state index in [-0.39, 0.29) is 6.61 Å². The maximum Gasteiger partial charge on any atom is 0.331 e. The van der Waals surface area contributed by atoms with Gasteiger partial charge in [0.2, 0.25) is 0 Å². The summed E-state index contributed by atoms with van der Waals surface area (Å²) in [4.78, 5) is 25.8. The van der Waals surface area contributed by atoms with Crippen LogP contribution in [0.5, 0.6) is 0 Å². The van der Waals surface area contributed by atoms with Gasteiger partial charge in [-0.3, -0.25) is 4.79 Å². The van der Waals surface area contributed by atoms with Crippen molar-refractivity contribution < 1.29 is 23.5 Å². The second kappa shape index (κ2) is 9.56. The van der Waals surface area contributed by atoms with Crippen LogP contribution >= 0.6 is 22.6 Å². The van der Waals surface area contributed by atoms with Gasteiger partial charge in [-0.15, -0.1) is 0 Å². The van der Waals surface area contributed by atoms with Crippen molar-refractivity contribution in [2.45, 2.75) is 0 Å². The Kier molecular flexibility index (Phi) is 6.88. The average Bonchev–Trinajstić information content (AvgIpc) is 3.11. The van der Waals surface area contributed by atoms with Crippen molar-refractivity contribution in [3.63, 3.8) is 0 Å². The SMILES string of the molecule is O=C(COC(=O)/C=C/c1ccc(I)o1)Nc1ccc(N2CCOCC2)cc1. The summed E-state index contributed by atoms with van der Waals surface area (Å²) in [6.45, 7) is 2.79. The van der Waals surface area contributed by atoms with E-state index in [0.717, 1.165) is 35.8 Å². The van der Waals surface area contributed by atoms with E-state index >= 15 is 0 Å². The largest absolute Gasteiger partial charge is 0.452 e. The number of esters is 1. The van der Waals surface area contributed by atoms with E-state index in [4.69, 9.17) is 13.9 Å². The molecule has 0 saturated carbocycles. The summed E-state index contributed by atoms with van der Waals surface area (Å²) in [7, 11) is 0. The van der Waals surface area contributed by atoms with Crippen LogP contribution in [0.25, 0.3) is 6.08 Å². The van der Waals surface area contributed by atoms with E-state index in [1.165, 1.54) is 12.2 Å². The fourth-order valence-corrected chi connectivity index (χ4v) is 2.96. The summed E-state index contributed by atoms with van der Waals surface area (Å²) in [5, 5.41) is 2.70. The molecule has 1 aliphatic heterocycles. The number of morpholine rings is 1. The highest BCUT2D eigenvalue weighted by molar-refractivity contribution is 14.1. The Bertz CT molecular complexity index is 810. The molecule has 1 amide bonds. The van der Waals surface area contributed by atoms with E-state index in [9.17, 15) is 9.59 Å². The number of hydrogen-bond acceptors (Lipinski definition) is 6. The molecule has 0 unspecified atom stereocenters. The highest BCUT2D eigenvalue weighted by Gasteiger charge is 2.11. The van der Waals surface area contributed by atoms with Crippen LogP contribution in [0.1, 0.15) is 5.76 Å². The number of anilines is 2. The first-order chi connectivity index (χ1) is 13.1. The zero-order valence-electron chi connectivity index (χ0n) is 14.5. The molecule has 3 rings (SSSR count). The highest BCUT2D eigenvalue weighted by atomic mass is 127. The Morgan fingerprint density at radius 3 is 2.56 bits per heavy atom. The molecule has 1 aromatic heterocycles. The van der Waals surface area contributed by atoms with Crippen molar-refractivity contribution in [1.29, 1.82) is 0 Å². The Balaban J connectivity index is 1.43. The molecule has 7 nitrogen and oxygen atoms in total.